The lowest BCUT2D eigenvalue weighted by Crippen LogP contribution is -1.97. The van der Waals surface area contributed by atoms with E-state index in [1.807, 2.05) is 13.8 Å². The number of fused-ring (bicyclic) bond motifs is 1. The first-order valence-corrected chi connectivity index (χ1v) is 4.94. The van der Waals surface area contributed by atoms with Gasteiger partial charge in [0.1, 0.15) is 5.03 Å². The molecule has 0 bridgehead atoms. The van der Waals surface area contributed by atoms with E-state index in [0.29, 0.717) is 0 Å². The number of nitrogens with zero attached hydrogens (tertiary/aromatic N) is 2. The summed E-state index contributed by atoms with van der Waals surface area (Å²) >= 11 is 6.67. The summed E-state index contributed by atoms with van der Waals surface area (Å²) in [6.45, 7) is 3.96. The molecule has 0 aromatic carbocycles. The van der Waals surface area contributed by atoms with Gasteiger partial charge in [0.2, 0.25) is 0 Å². The highest BCUT2D eigenvalue weighted by atomic mass is 32.2. The molecule has 0 unspecified atom stereocenters. The highest BCUT2D eigenvalue weighted by molar-refractivity contribution is 8.23. The van der Waals surface area contributed by atoms with Crippen molar-refractivity contribution in [2.75, 3.05) is 0 Å². The first-order valence-electron chi connectivity index (χ1n) is 3.71. The van der Waals surface area contributed by atoms with Gasteiger partial charge in [-0.1, -0.05) is 24.0 Å². The third-order valence-electron chi connectivity index (χ3n) is 1.86. The molecule has 0 fully saturated rings. The zero-order valence-electron chi connectivity index (χ0n) is 6.92. The van der Waals surface area contributed by atoms with Gasteiger partial charge in [0.15, 0.2) is 0 Å². The quantitative estimate of drug-likeness (QED) is 0.593. The smallest absolute Gasteiger partial charge is 0.124 e. The molecule has 1 aromatic heterocycles. The van der Waals surface area contributed by atoms with Crippen LogP contribution in [0.3, 0.4) is 0 Å². The number of hydrogen-bond acceptors (Lipinski definition) is 4. The lowest BCUT2D eigenvalue weighted by molar-refractivity contribution is 0.907. The van der Waals surface area contributed by atoms with E-state index < -0.39 is 0 Å². The highest BCUT2D eigenvalue weighted by Crippen LogP contribution is 2.30. The molecule has 2 heterocycles. The van der Waals surface area contributed by atoms with Crippen LogP contribution in [-0.2, 0) is 6.42 Å². The van der Waals surface area contributed by atoms with Crippen molar-refractivity contribution in [2.45, 2.75) is 25.3 Å². The van der Waals surface area contributed by atoms with Gasteiger partial charge in [-0.15, -0.1) is 0 Å². The highest BCUT2D eigenvalue weighted by Gasteiger charge is 2.19. The molecule has 0 radical (unpaired) electrons. The van der Waals surface area contributed by atoms with Crippen molar-refractivity contribution in [1.82, 2.24) is 9.97 Å². The van der Waals surface area contributed by atoms with Gasteiger partial charge in [0, 0.05) is 6.42 Å². The van der Waals surface area contributed by atoms with Gasteiger partial charge in [-0.3, -0.25) is 4.98 Å². The molecule has 0 aliphatic carbocycles. The Bertz CT molecular complexity index is 327. The van der Waals surface area contributed by atoms with Crippen LogP contribution in [-0.4, -0.2) is 14.2 Å². The molecule has 0 spiro atoms. The van der Waals surface area contributed by atoms with Crippen LogP contribution >= 0.6 is 24.0 Å². The Morgan fingerprint density at radius 3 is 2.67 bits per heavy atom. The maximum absolute atomic E-state index is 5.09. The van der Waals surface area contributed by atoms with E-state index in [9.17, 15) is 0 Å². The predicted molar refractivity (Wildman–Crippen MR) is 53.7 cm³/mol. The molecule has 0 amide bonds. The molecule has 12 heavy (non-hydrogen) atoms. The van der Waals surface area contributed by atoms with E-state index in [4.69, 9.17) is 12.2 Å². The minimum Gasteiger partial charge on any atom is -0.253 e. The fourth-order valence-corrected chi connectivity index (χ4v) is 2.32. The van der Waals surface area contributed by atoms with Gasteiger partial charge in [0.25, 0.3) is 0 Å². The SMILES string of the molecule is Cc1nc2c(nc1C)SC(=S)C2. The van der Waals surface area contributed by atoms with Crippen LogP contribution in [0.5, 0.6) is 0 Å². The second kappa shape index (κ2) is 2.78. The summed E-state index contributed by atoms with van der Waals surface area (Å²) in [5.74, 6) is 0. The topological polar surface area (TPSA) is 25.8 Å². The number of aryl methyl sites for hydroxylation is 2. The van der Waals surface area contributed by atoms with Crippen LogP contribution in [0.25, 0.3) is 0 Å². The van der Waals surface area contributed by atoms with Crippen molar-refractivity contribution >= 4 is 28.2 Å². The molecule has 1 aliphatic heterocycles. The Morgan fingerprint density at radius 1 is 1.25 bits per heavy atom. The normalized spacial score (nSPS) is 15.0. The first kappa shape index (κ1) is 8.13. The maximum Gasteiger partial charge on any atom is 0.124 e. The largest absolute Gasteiger partial charge is 0.253 e. The number of rotatable bonds is 0. The van der Waals surface area contributed by atoms with Crippen LogP contribution in [0.1, 0.15) is 17.1 Å². The van der Waals surface area contributed by atoms with Crippen LogP contribution in [0.15, 0.2) is 5.03 Å². The van der Waals surface area contributed by atoms with Crippen molar-refractivity contribution in [3.05, 3.63) is 17.1 Å². The number of aromatic nitrogens is 2. The molecule has 2 nitrogen and oxygen atoms in total. The third kappa shape index (κ3) is 1.25. The van der Waals surface area contributed by atoms with E-state index in [1.54, 1.807) is 11.8 Å². The van der Waals surface area contributed by atoms with Gasteiger partial charge < -0.3 is 0 Å². The van der Waals surface area contributed by atoms with E-state index in [2.05, 4.69) is 9.97 Å². The number of hydrogen-bond donors (Lipinski definition) is 0. The van der Waals surface area contributed by atoms with Crippen molar-refractivity contribution in [3.63, 3.8) is 0 Å². The van der Waals surface area contributed by atoms with Crippen LogP contribution < -0.4 is 0 Å². The molecule has 1 aromatic rings. The molecule has 62 valence electrons. The second-order valence-corrected chi connectivity index (χ2v) is 4.63. The van der Waals surface area contributed by atoms with Crippen LogP contribution in [0.2, 0.25) is 0 Å². The minimum atomic E-state index is 0.809. The van der Waals surface area contributed by atoms with Crippen LogP contribution in [0, 0.1) is 13.8 Å². The molecular weight excluding hydrogens is 188 g/mol. The maximum atomic E-state index is 5.09. The fraction of sp³-hybridized carbons (Fsp3) is 0.375. The molecule has 0 saturated carbocycles. The van der Waals surface area contributed by atoms with Crippen molar-refractivity contribution in [1.29, 1.82) is 0 Å². The van der Waals surface area contributed by atoms with Gasteiger partial charge in [-0.05, 0) is 13.8 Å². The average molecular weight is 196 g/mol. The molecule has 0 N–H and O–H groups in total. The molecule has 0 saturated heterocycles. The zero-order chi connectivity index (χ0) is 8.72. The van der Waals surface area contributed by atoms with Crippen LogP contribution in [0.4, 0.5) is 0 Å². The molecule has 2 rings (SSSR count). The lowest BCUT2D eigenvalue weighted by Gasteiger charge is -2.00. The summed E-state index contributed by atoms with van der Waals surface area (Å²) in [4.78, 5) is 8.85. The lowest BCUT2D eigenvalue weighted by atomic mass is 10.3. The summed E-state index contributed by atoms with van der Waals surface area (Å²) in [6.07, 6.45) is 0.809. The Kier molecular flexibility index (Phi) is 1.88. The van der Waals surface area contributed by atoms with Gasteiger partial charge >= 0.3 is 0 Å². The second-order valence-electron chi connectivity index (χ2n) is 2.80. The number of thioether (sulfide) groups is 1. The van der Waals surface area contributed by atoms with E-state index in [1.165, 1.54) is 0 Å². The Morgan fingerprint density at radius 2 is 1.92 bits per heavy atom. The van der Waals surface area contributed by atoms with Gasteiger partial charge in [0.05, 0.1) is 21.3 Å². The summed E-state index contributed by atoms with van der Waals surface area (Å²) < 4.78 is 0.981. The Balaban J connectivity index is 2.55. The Hall–Kier alpha value is -0.480. The first-order chi connectivity index (χ1) is 5.66. The summed E-state index contributed by atoms with van der Waals surface area (Å²) in [6, 6.07) is 0. The van der Waals surface area contributed by atoms with Crippen molar-refractivity contribution in [2.24, 2.45) is 0 Å². The monoisotopic (exact) mass is 196 g/mol. The van der Waals surface area contributed by atoms with E-state index >= 15 is 0 Å². The predicted octanol–water partition coefficient (Wildman–Crippen LogP) is 2.07. The Labute approximate surface area is 80.8 Å². The molecular formula is C8H8N2S2. The molecule has 0 atom stereocenters. The fourth-order valence-electron chi connectivity index (χ4n) is 1.11. The standard InChI is InChI=1S/C8H8N2S2/c1-4-5(2)10-8-6(9-4)3-7(11)12-8/h3H2,1-2H3. The van der Waals surface area contributed by atoms with Gasteiger partial charge in [-0.2, -0.15) is 0 Å². The average Bonchev–Trinajstić information content (AvgIpc) is 2.30. The van der Waals surface area contributed by atoms with Crippen molar-refractivity contribution in [3.8, 4) is 0 Å². The van der Waals surface area contributed by atoms with Gasteiger partial charge in [-0.25, -0.2) is 4.98 Å². The summed E-state index contributed by atoms with van der Waals surface area (Å²) in [5, 5.41) is 1.00. The van der Waals surface area contributed by atoms with E-state index in [0.717, 1.165) is 32.7 Å². The summed E-state index contributed by atoms with van der Waals surface area (Å²) in [7, 11) is 0. The van der Waals surface area contributed by atoms with E-state index in [-0.39, 0.29) is 0 Å². The zero-order valence-corrected chi connectivity index (χ0v) is 8.55. The molecule has 1 aliphatic rings. The third-order valence-corrected chi connectivity index (χ3v) is 3.15. The minimum absolute atomic E-state index is 0.809. The van der Waals surface area contributed by atoms with Crippen molar-refractivity contribution < 1.29 is 0 Å². The summed E-state index contributed by atoms with van der Waals surface area (Å²) in [5.41, 5.74) is 3.07. The number of thiocarbonyl (C=S) groups is 1. The molecule has 4 heteroatoms.